The van der Waals surface area contributed by atoms with Crippen LogP contribution in [0.2, 0.25) is 0 Å². The molecule has 0 spiro atoms. The molecule has 0 aliphatic heterocycles. The molecule has 3 aromatic rings. The van der Waals surface area contributed by atoms with Gasteiger partial charge >= 0.3 is 6.18 Å². The number of hydrogen-bond donors (Lipinski definition) is 2. The van der Waals surface area contributed by atoms with Gasteiger partial charge in [-0.2, -0.15) is 18.3 Å². The average molecular weight is 468 g/mol. The number of alkyl halides is 3. The number of anilines is 1. The van der Waals surface area contributed by atoms with E-state index in [2.05, 4.69) is 10.4 Å². The third kappa shape index (κ3) is 5.26. The Morgan fingerprint density at radius 2 is 1.91 bits per heavy atom. The van der Waals surface area contributed by atoms with Gasteiger partial charge < -0.3 is 14.8 Å². The molecule has 0 fully saturated rings. The van der Waals surface area contributed by atoms with Crippen LogP contribution in [0.15, 0.2) is 59.8 Å². The summed E-state index contributed by atoms with van der Waals surface area (Å²) in [6.45, 7) is 0.138. The van der Waals surface area contributed by atoms with Crippen LogP contribution in [0.4, 0.5) is 18.9 Å². The summed E-state index contributed by atoms with van der Waals surface area (Å²) in [6.07, 6.45) is -2.63. The number of methoxy groups -OCH3 is 1. The Hall–Kier alpha value is -3.38. The molecule has 12 heteroatoms. The summed E-state index contributed by atoms with van der Waals surface area (Å²) in [5.74, 6) is 0.0889. The molecule has 170 valence electrons. The van der Waals surface area contributed by atoms with Gasteiger partial charge in [-0.05, 0) is 35.9 Å². The Balaban J connectivity index is 1.87. The normalized spacial score (nSPS) is 12.9. The lowest BCUT2D eigenvalue weighted by atomic mass is 10.0. The third-order valence-corrected chi connectivity index (χ3v) is 5.60. The van der Waals surface area contributed by atoms with E-state index in [9.17, 15) is 26.4 Å². The van der Waals surface area contributed by atoms with E-state index >= 15 is 0 Å². The Morgan fingerprint density at radius 3 is 2.44 bits per heavy atom. The second-order valence-electron chi connectivity index (χ2n) is 6.80. The number of sulfonamides is 1. The van der Waals surface area contributed by atoms with Crippen molar-refractivity contribution in [1.82, 2.24) is 9.78 Å². The van der Waals surface area contributed by atoms with E-state index < -0.39 is 32.6 Å². The lowest BCUT2D eigenvalue weighted by Crippen LogP contribution is -2.17. The van der Waals surface area contributed by atoms with Gasteiger partial charge in [0.05, 0.1) is 30.5 Å². The first-order valence-corrected chi connectivity index (χ1v) is 10.7. The van der Waals surface area contributed by atoms with E-state index in [0.29, 0.717) is 29.4 Å². The van der Waals surface area contributed by atoms with Crippen LogP contribution >= 0.6 is 0 Å². The first kappa shape index (κ1) is 23.3. The number of rotatable bonds is 8. The van der Waals surface area contributed by atoms with Crippen LogP contribution in [0.1, 0.15) is 17.0 Å². The average Bonchev–Trinajstić information content (AvgIpc) is 3.25. The van der Waals surface area contributed by atoms with Crippen LogP contribution in [0.25, 0.3) is 5.69 Å². The monoisotopic (exact) mass is 468 g/mol. The van der Waals surface area contributed by atoms with Gasteiger partial charge in [0.15, 0.2) is 0 Å². The number of benzene rings is 2. The fraction of sp³-hybridized carbons (Fsp3) is 0.200. The third-order valence-electron chi connectivity index (χ3n) is 4.66. The summed E-state index contributed by atoms with van der Waals surface area (Å²) in [7, 11) is -2.78. The summed E-state index contributed by atoms with van der Waals surface area (Å²) in [6, 6.07) is 10.8. The van der Waals surface area contributed by atoms with Crippen LogP contribution in [-0.4, -0.2) is 38.1 Å². The van der Waals surface area contributed by atoms with Crippen molar-refractivity contribution in [1.29, 1.82) is 0 Å². The second-order valence-corrected chi connectivity index (χ2v) is 8.33. The van der Waals surface area contributed by atoms with Crippen molar-refractivity contribution in [3.05, 3.63) is 66.0 Å². The van der Waals surface area contributed by atoms with E-state index in [0.717, 1.165) is 11.0 Å². The smallest absolute Gasteiger partial charge is 0.419 e. The number of ether oxygens (including phenoxy) is 1. The van der Waals surface area contributed by atoms with Crippen molar-refractivity contribution in [2.75, 3.05) is 19.0 Å². The number of halogens is 3. The molecule has 2 aromatic carbocycles. The molecule has 0 radical (unpaired) electrons. The van der Waals surface area contributed by atoms with Gasteiger partial charge in [0.2, 0.25) is 10.0 Å². The molecule has 0 amide bonds. The molecule has 1 unspecified atom stereocenters. The highest BCUT2D eigenvalue weighted by molar-refractivity contribution is 7.89. The van der Waals surface area contributed by atoms with Gasteiger partial charge in [-0.25, -0.2) is 18.2 Å². The Morgan fingerprint density at radius 1 is 1.22 bits per heavy atom. The number of nitrogens with zero attached hydrogens (tertiary/aromatic N) is 2. The molecule has 3 N–H and O–H groups in total. The van der Waals surface area contributed by atoms with Gasteiger partial charge in [-0.15, -0.1) is 0 Å². The molecule has 1 heterocycles. The number of nitrogens with two attached hydrogens (primary N) is 1. The minimum atomic E-state index is -4.63. The van der Waals surface area contributed by atoms with Crippen LogP contribution in [0.5, 0.6) is 5.75 Å². The molecular formula is C20H19F3N4O4S. The van der Waals surface area contributed by atoms with Crippen LogP contribution < -0.4 is 15.2 Å². The van der Waals surface area contributed by atoms with E-state index in [4.69, 9.17) is 9.88 Å². The fourth-order valence-electron chi connectivity index (χ4n) is 2.97. The van der Waals surface area contributed by atoms with Gasteiger partial charge in [0.1, 0.15) is 16.9 Å². The number of carbonyl (C=O) groups excluding carboxylic acids is 1. The SMILES string of the molecule is COc1ccc(C(C=O)CNc2ccc(-n3cc(C(F)(F)F)cn3)c(S(N)(=O)=O)c2)cc1. The van der Waals surface area contributed by atoms with Crippen LogP contribution in [0, 0.1) is 0 Å². The first-order valence-electron chi connectivity index (χ1n) is 9.15. The molecule has 0 bridgehead atoms. The highest BCUT2D eigenvalue weighted by Crippen LogP contribution is 2.30. The molecule has 32 heavy (non-hydrogen) atoms. The van der Waals surface area contributed by atoms with Crippen molar-refractivity contribution in [3.63, 3.8) is 0 Å². The summed E-state index contributed by atoms with van der Waals surface area (Å²) < 4.78 is 68.6. The zero-order valence-corrected chi connectivity index (χ0v) is 17.5. The largest absolute Gasteiger partial charge is 0.497 e. The predicted octanol–water partition coefficient (Wildman–Crippen LogP) is 2.94. The molecule has 3 rings (SSSR count). The van der Waals surface area contributed by atoms with Gasteiger partial charge in [0, 0.05) is 18.4 Å². The highest BCUT2D eigenvalue weighted by Gasteiger charge is 2.32. The quantitative estimate of drug-likeness (QED) is 0.491. The Labute approximate surface area is 181 Å². The van der Waals surface area contributed by atoms with Crippen molar-refractivity contribution >= 4 is 22.0 Å². The van der Waals surface area contributed by atoms with E-state index in [1.165, 1.54) is 25.3 Å². The van der Waals surface area contributed by atoms with Gasteiger partial charge in [-0.3, -0.25) is 0 Å². The van der Waals surface area contributed by atoms with Crippen LogP contribution in [-0.2, 0) is 21.0 Å². The minimum absolute atomic E-state index is 0.138. The van der Waals surface area contributed by atoms with Crippen molar-refractivity contribution < 1.29 is 31.1 Å². The molecule has 8 nitrogen and oxygen atoms in total. The number of nitrogens with one attached hydrogen (secondary N) is 1. The maximum absolute atomic E-state index is 12.9. The van der Waals surface area contributed by atoms with Gasteiger partial charge in [0.25, 0.3) is 0 Å². The molecule has 0 aliphatic rings. The van der Waals surface area contributed by atoms with Crippen molar-refractivity contribution in [2.45, 2.75) is 17.0 Å². The topological polar surface area (TPSA) is 116 Å². The van der Waals surface area contributed by atoms with Crippen molar-refractivity contribution in [2.24, 2.45) is 5.14 Å². The molecule has 1 aromatic heterocycles. The number of aldehydes is 1. The Bertz CT molecular complexity index is 1210. The number of carbonyl (C=O) groups is 1. The van der Waals surface area contributed by atoms with Crippen molar-refractivity contribution in [3.8, 4) is 11.4 Å². The minimum Gasteiger partial charge on any atom is -0.497 e. The second kappa shape index (κ2) is 9.01. The summed E-state index contributed by atoms with van der Waals surface area (Å²) in [4.78, 5) is 11.1. The van der Waals surface area contributed by atoms with Crippen LogP contribution in [0.3, 0.4) is 0 Å². The predicted molar refractivity (Wildman–Crippen MR) is 110 cm³/mol. The number of aromatic nitrogens is 2. The van der Waals surface area contributed by atoms with Gasteiger partial charge in [-0.1, -0.05) is 12.1 Å². The molecule has 1 atom stereocenters. The zero-order valence-electron chi connectivity index (χ0n) is 16.7. The number of hydrogen-bond acceptors (Lipinski definition) is 6. The molecular weight excluding hydrogens is 449 g/mol. The van der Waals surface area contributed by atoms with E-state index in [1.54, 1.807) is 24.3 Å². The maximum Gasteiger partial charge on any atom is 0.419 e. The molecule has 0 saturated heterocycles. The number of primary sulfonamides is 1. The standard InChI is InChI=1S/C20H19F3N4O4S/c1-31-17-5-2-13(3-6-17)14(12-28)9-25-16-4-7-18(19(8-16)32(24,29)30)27-11-15(10-26-27)20(21,22)23/h2-8,10-12,14,25H,9H2,1H3,(H2,24,29,30). The first-order chi connectivity index (χ1) is 15.0. The van der Waals surface area contributed by atoms with E-state index in [-0.39, 0.29) is 12.2 Å². The molecule has 0 aliphatic carbocycles. The lowest BCUT2D eigenvalue weighted by molar-refractivity contribution is -0.137. The zero-order chi connectivity index (χ0) is 23.5. The lowest BCUT2D eigenvalue weighted by Gasteiger charge is -2.15. The fourth-order valence-corrected chi connectivity index (χ4v) is 3.71. The summed E-state index contributed by atoms with van der Waals surface area (Å²) in [5.41, 5.74) is -0.154. The maximum atomic E-state index is 12.9. The molecule has 0 saturated carbocycles. The summed E-state index contributed by atoms with van der Waals surface area (Å²) in [5, 5.41) is 11.8. The Kier molecular flexibility index (Phi) is 6.55. The highest BCUT2D eigenvalue weighted by atomic mass is 32.2. The van der Waals surface area contributed by atoms with E-state index in [1.807, 2.05) is 0 Å². The summed E-state index contributed by atoms with van der Waals surface area (Å²) >= 11 is 0.